The number of hydrogen-bond donors (Lipinski definition) is 2. The summed E-state index contributed by atoms with van der Waals surface area (Å²) in [5, 5.41) is 9.93. The monoisotopic (exact) mass is 362 g/mol. The highest BCUT2D eigenvalue weighted by Gasteiger charge is 2.06. The second-order valence-corrected chi connectivity index (χ2v) is 6.10. The van der Waals surface area contributed by atoms with Crippen molar-refractivity contribution < 1.29 is 9.59 Å². The van der Waals surface area contributed by atoms with Crippen molar-refractivity contribution in [2.24, 2.45) is 0 Å². The Bertz CT molecular complexity index is 875. The lowest BCUT2D eigenvalue weighted by Crippen LogP contribution is -2.34. The van der Waals surface area contributed by atoms with Gasteiger partial charge < -0.3 is 10.6 Å². The average Bonchev–Trinajstić information content (AvgIpc) is 3.20. The van der Waals surface area contributed by atoms with Gasteiger partial charge in [-0.3, -0.25) is 9.59 Å². The van der Waals surface area contributed by atoms with Crippen LogP contribution in [0.5, 0.6) is 0 Å². The van der Waals surface area contributed by atoms with Gasteiger partial charge in [-0.15, -0.1) is 0 Å². The van der Waals surface area contributed by atoms with E-state index in [9.17, 15) is 9.59 Å². The minimum Gasteiger partial charge on any atom is -0.354 e. The molecule has 6 heteroatoms. The number of benzene rings is 2. The molecule has 2 amide bonds. The van der Waals surface area contributed by atoms with Crippen LogP contribution in [0.25, 0.3) is 5.69 Å². The van der Waals surface area contributed by atoms with E-state index in [0.717, 1.165) is 11.3 Å². The van der Waals surface area contributed by atoms with Crippen molar-refractivity contribution in [3.05, 3.63) is 84.2 Å². The number of nitrogens with one attached hydrogen (secondary N) is 2. The van der Waals surface area contributed by atoms with Crippen LogP contribution < -0.4 is 10.6 Å². The lowest BCUT2D eigenvalue weighted by Gasteiger charge is -2.07. The molecule has 27 heavy (non-hydrogen) atoms. The largest absolute Gasteiger partial charge is 0.354 e. The number of nitrogens with zero attached hydrogens (tertiary/aromatic N) is 2. The molecule has 3 rings (SSSR count). The summed E-state index contributed by atoms with van der Waals surface area (Å²) in [5.41, 5.74) is 2.60. The summed E-state index contributed by atoms with van der Waals surface area (Å²) in [4.78, 5) is 23.8. The molecule has 0 aliphatic heterocycles. The summed E-state index contributed by atoms with van der Waals surface area (Å²) in [7, 11) is 0. The number of para-hydroxylation sites is 1. The maximum absolute atomic E-state index is 12.0. The summed E-state index contributed by atoms with van der Waals surface area (Å²) in [6.07, 6.45) is 4.71. The second-order valence-electron chi connectivity index (χ2n) is 6.10. The first-order valence-corrected chi connectivity index (χ1v) is 8.91. The van der Waals surface area contributed by atoms with E-state index in [4.69, 9.17) is 0 Å². The molecule has 3 aromatic rings. The first-order valence-electron chi connectivity index (χ1n) is 8.91. The molecule has 0 radical (unpaired) electrons. The number of carbonyl (C=O) groups excluding carboxylic acids is 2. The van der Waals surface area contributed by atoms with Gasteiger partial charge in [0.05, 0.1) is 11.9 Å². The smallest absolute Gasteiger partial charge is 0.251 e. The quantitative estimate of drug-likeness (QED) is 0.604. The third-order valence-electron chi connectivity index (χ3n) is 4.07. The van der Waals surface area contributed by atoms with Crippen molar-refractivity contribution in [1.29, 1.82) is 0 Å². The minimum absolute atomic E-state index is 0.0450. The van der Waals surface area contributed by atoms with Crippen molar-refractivity contribution in [2.75, 3.05) is 13.1 Å². The first kappa shape index (κ1) is 18.4. The highest BCUT2D eigenvalue weighted by atomic mass is 16.2. The van der Waals surface area contributed by atoms with E-state index in [-0.39, 0.29) is 11.8 Å². The van der Waals surface area contributed by atoms with Gasteiger partial charge in [0.1, 0.15) is 0 Å². The van der Waals surface area contributed by atoms with Gasteiger partial charge in [-0.1, -0.05) is 36.4 Å². The third kappa shape index (κ3) is 5.54. The number of carbonyl (C=O) groups is 2. The van der Waals surface area contributed by atoms with Gasteiger partial charge in [-0.2, -0.15) is 5.10 Å². The highest BCUT2D eigenvalue weighted by Crippen LogP contribution is 2.09. The summed E-state index contributed by atoms with van der Waals surface area (Å²) in [5.74, 6) is -0.186. The van der Waals surface area contributed by atoms with Crippen LogP contribution in [0.2, 0.25) is 0 Å². The fraction of sp³-hybridized carbons (Fsp3) is 0.190. The predicted molar refractivity (Wildman–Crippen MR) is 104 cm³/mol. The zero-order chi connectivity index (χ0) is 18.9. The molecule has 138 valence electrons. The Kier molecular flexibility index (Phi) is 6.35. The zero-order valence-corrected chi connectivity index (χ0v) is 15.0. The van der Waals surface area contributed by atoms with Crippen LogP contribution in [-0.4, -0.2) is 34.7 Å². The van der Waals surface area contributed by atoms with Crippen LogP contribution in [0.3, 0.4) is 0 Å². The summed E-state index contributed by atoms with van der Waals surface area (Å²) < 4.78 is 1.80. The molecule has 1 heterocycles. The van der Waals surface area contributed by atoms with Crippen molar-refractivity contribution in [2.45, 2.75) is 12.8 Å². The van der Waals surface area contributed by atoms with E-state index in [1.807, 2.05) is 54.7 Å². The van der Waals surface area contributed by atoms with Crippen molar-refractivity contribution in [3.8, 4) is 5.69 Å². The van der Waals surface area contributed by atoms with Crippen molar-refractivity contribution in [1.82, 2.24) is 20.4 Å². The number of rotatable bonds is 8. The maximum Gasteiger partial charge on any atom is 0.251 e. The third-order valence-corrected chi connectivity index (χ3v) is 4.07. The molecule has 2 aromatic carbocycles. The predicted octanol–water partition coefficient (Wildman–Crippen LogP) is 2.35. The molecular formula is C21H22N4O2. The molecule has 0 spiro atoms. The lowest BCUT2D eigenvalue weighted by molar-refractivity contribution is -0.121. The van der Waals surface area contributed by atoms with Gasteiger partial charge in [-0.05, 0) is 36.2 Å². The Morgan fingerprint density at radius 2 is 1.56 bits per heavy atom. The molecule has 0 saturated heterocycles. The number of aryl methyl sites for hydroxylation is 1. The summed E-state index contributed by atoms with van der Waals surface area (Å²) in [6, 6.07) is 18.8. The number of hydrogen-bond acceptors (Lipinski definition) is 3. The van der Waals surface area contributed by atoms with Crippen LogP contribution in [0.4, 0.5) is 0 Å². The van der Waals surface area contributed by atoms with Gasteiger partial charge >= 0.3 is 0 Å². The summed E-state index contributed by atoms with van der Waals surface area (Å²) >= 11 is 0. The van der Waals surface area contributed by atoms with E-state index < -0.39 is 0 Å². The second kappa shape index (κ2) is 9.33. The Labute approximate surface area is 158 Å². The lowest BCUT2D eigenvalue weighted by atomic mass is 10.2. The van der Waals surface area contributed by atoms with Crippen LogP contribution in [0.1, 0.15) is 22.3 Å². The first-order chi connectivity index (χ1) is 13.2. The molecule has 0 aliphatic carbocycles. The average molecular weight is 362 g/mol. The number of amides is 2. The van der Waals surface area contributed by atoms with Gasteiger partial charge in [0.25, 0.3) is 5.91 Å². The van der Waals surface area contributed by atoms with Gasteiger partial charge in [0.2, 0.25) is 5.91 Å². The fourth-order valence-electron chi connectivity index (χ4n) is 2.63. The van der Waals surface area contributed by atoms with Gasteiger partial charge in [0, 0.05) is 31.3 Å². The fourth-order valence-corrected chi connectivity index (χ4v) is 2.63. The molecule has 0 fully saturated rings. The van der Waals surface area contributed by atoms with Crippen LogP contribution >= 0.6 is 0 Å². The van der Waals surface area contributed by atoms with E-state index in [1.165, 1.54) is 0 Å². The standard InChI is InChI=1S/C21H22N4O2/c26-20(22-13-14-23-21(27)18-7-3-1-4-8-18)12-11-17-15-24-25(16-17)19-9-5-2-6-10-19/h1-10,15-16H,11-14H2,(H,22,26)(H,23,27). The molecule has 0 aliphatic rings. The van der Waals surface area contributed by atoms with Crippen LogP contribution in [0, 0.1) is 0 Å². The molecule has 0 atom stereocenters. The topological polar surface area (TPSA) is 76.0 Å². The molecule has 6 nitrogen and oxygen atoms in total. The van der Waals surface area contributed by atoms with E-state index in [2.05, 4.69) is 15.7 Å². The van der Waals surface area contributed by atoms with Crippen LogP contribution in [0.15, 0.2) is 73.1 Å². The molecule has 1 aromatic heterocycles. The molecular weight excluding hydrogens is 340 g/mol. The number of aromatic nitrogens is 2. The van der Waals surface area contributed by atoms with Gasteiger partial charge in [-0.25, -0.2) is 4.68 Å². The van der Waals surface area contributed by atoms with E-state index in [1.54, 1.807) is 23.0 Å². The van der Waals surface area contributed by atoms with E-state index in [0.29, 0.717) is 31.5 Å². The van der Waals surface area contributed by atoms with E-state index >= 15 is 0 Å². The normalized spacial score (nSPS) is 10.4. The van der Waals surface area contributed by atoms with Crippen molar-refractivity contribution >= 4 is 11.8 Å². The maximum atomic E-state index is 12.0. The summed E-state index contributed by atoms with van der Waals surface area (Å²) in [6.45, 7) is 0.798. The van der Waals surface area contributed by atoms with Crippen LogP contribution in [-0.2, 0) is 11.2 Å². The molecule has 0 saturated carbocycles. The highest BCUT2D eigenvalue weighted by molar-refractivity contribution is 5.94. The zero-order valence-electron chi connectivity index (χ0n) is 15.0. The molecule has 0 bridgehead atoms. The molecule has 2 N–H and O–H groups in total. The molecule has 0 unspecified atom stereocenters. The minimum atomic E-state index is -0.141. The van der Waals surface area contributed by atoms with Crippen molar-refractivity contribution in [3.63, 3.8) is 0 Å². The Balaban J connectivity index is 1.35. The Morgan fingerprint density at radius 1 is 0.889 bits per heavy atom. The Hall–Kier alpha value is -3.41. The Morgan fingerprint density at radius 3 is 2.30 bits per heavy atom. The SMILES string of the molecule is O=C(CCc1cnn(-c2ccccc2)c1)NCCNC(=O)c1ccccc1. The van der Waals surface area contributed by atoms with Gasteiger partial charge in [0.15, 0.2) is 0 Å².